The quantitative estimate of drug-likeness (QED) is 0.521. The third kappa shape index (κ3) is 1.48. The highest BCUT2D eigenvalue weighted by Gasteiger charge is 2.02. The molecule has 0 aromatic rings. The minimum Gasteiger partial charge on any atom is -0.348 e. The summed E-state index contributed by atoms with van der Waals surface area (Å²) >= 11 is 0. The normalized spacial score (nSPS) is 17.6. The molecule has 0 aromatic carbocycles. The third-order valence-corrected chi connectivity index (χ3v) is 1.82. The van der Waals surface area contributed by atoms with Crippen molar-refractivity contribution in [2.24, 2.45) is 0 Å². The Labute approximate surface area is 64.3 Å². The Morgan fingerprint density at radius 2 is 2.30 bits per heavy atom. The fraction of sp³-hybridized carbons (Fsp3) is 0.250. The first kappa shape index (κ1) is 7.56. The summed E-state index contributed by atoms with van der Waals surface area (Å²) in [6.07, 6.45) is 6.14. The molecule has 1 aliphatic heterocycles. The molecule has 0 aromatic heterocycles. The van der Waals surface area contributed by atoms with E-state index >= 15 is 0 Å². The average Bonchev–Trinajstić information content (AvgIpc) is 1.94. The highest BCUT2D eigenvalue weighted by atomic mass is 31.0. The molecular weight excluding hydrogens is 141 g/mol. The number of likely N-dealkylation sites (N-methyl/N-ethyl adjacent to an activating group) is 1. The second kappa shape index (κ2) is 3.03. The van der Waals surface area contributed by atoms with Crippen LogP contribution in [0.3, 0.4) is 0 Å². The molecule has 0 saturated heterocycles. The van der Waals surface area contributed by atoms with E-state index in [0.717, 1.165) is 12.2 Å². The van der Waals surface area contributed by atoms with Gasteiger partial charge in [-0.3, -0.25) is 0 Å². The van der Waals surface area contributed by atoms with Crippen LogP contribution in [0.5, 0.6) is 0 Å². The maximum atomic E-state index is 3.89. The molecule has 0 radical (unpaired) electrons. The topological polar surface area (TPSA) is 3.24 Å². The summed E-state index contributed by atoms with van der Waals surface area (Å²) in [6, 6.07) is 0. The molecular formula is C8H12NP. The van der Waals surface area contributed by atoms with E-state index in [0.29, 0.717) is 0 Å². The summed E-state index contributed by atoms with van der Waals surface area (Å²) in [5, 5.41) is 1.20. The Morgan fingerprint density at radius 3 is 2.80 bits per heavy atom. The Kier molecular flexibility index (Phi) is 2.29. The Hall–Kier alpha value is -0.550. The molecule has 10 heavy (non-hydrogen) atoms. The molecule has 0 aliphatic carbocycles. The highest BCUT2D eigenvalue weighted by Crippen LogP contribution is 2.18. The molecule has 0 bridgehead atoms. The van der Waals surface area contributed by atoms with Crippen LogP contribution in [0.2, 0.25) is 0 Å². The molecule has 1 unspecified atom stereocenters. The number of hydrogen-bond acceptors (Lipinski definition) is 1. The fourth-order valence-corrected chi connectivity index (χ4v) is 1.16. The van der Waals surface area contributed by atoms with Crippen LogP contribution in [0.15, 0.2) is 35.9 Å². The van der Waals surface area contributed by atoms with Gasteiger partial charge in [0.15, 0.2) is 0 Å². The van der Waals surface area contributed by atoms with Crippen LogP contribution in [0.25, 0.3) is 0 Å². The summed E-state index contributed by atoms with van der Waals surface area (Å²) in [5.41, 5.74) is 1.06. The molecule has 1 heterocycles. The van der Waals surface area contributed by atoms with Crippen LogP contribution in [-0.4, -0.2) is 11.4 Å². The molecule has 1 rings (SSSR count). The Bertz CT molecular complexity index is 203. The van der Waals surface area contributed by atoms with Crippen LogP contribution in [0.1, 0.15) is 6.92 Å². The van der Waals surface area contributed by atoms with Crippen LogP contribution in [0.4, 0.5) is 0 Å². The predicted molar refractivity (Wildman–Crippen MR) is 48.5 cm³/mol. The van der Waals surface area contributed by atoms with Crippen molar-refractivity contribution in [3.05, 3.63) is 35.9 Å². The van der Waals surface area contributed by atoms with Gasteiger partial charge in [-0.05, 0) is 18.3 Å². The monoisotopic (exact) mass is 153 g/mol. The van der Waals surface area contributed by atoms with E-state index in [1.807, 2.05) is 12.2 Å². The lowest BCUT2D eigenvalue weighted by Crippen LogP contribution is -2.15. The number of allylic oxidation sites excluding steroid dienone is 3. The van der Waals surface area contributed by atoms with Gasteiger partial charge in [0.25, 0.3) is 0 Å². The van der Waals surface area contributed by atoms with Crippen molar-refractivity contribution in [1.82, 2.24) is 4.90 Å². The van der Waals surface area contributed by atoms with Gasteiger partial charge in [0.2, 0.25) is 0 Å². The minimum atomic E-state index is 0.987. The number of hydrogen-bond donors (Lipinski definition) is 0. The second-order valence-electron chi connectivity index (χ2n) is 2.24. The second-order valence-corrected chi connectivity index (χ2v) is 2.91. The van der Waals surface area contributed by atoms with Crippen LogP contribution in [0, 0.1) is 0 Å². The summed E-state index contributed by atoms with van der Waals surface area (Å²) < 4.78 is 0. The van der Waals surface area contributed by atoms with Crippen molar-refractivity contribution in [2.45, 2.75) is 6.92 Å². The zero-order valence-electron chi connectivity index (χ0n) is 6.17. The van der Waals surface area contributed by atoms with Crippen molar-refractivity contribution in [3.8, 4) is 0 Å². The molecule has 0 spiro atoms. The van der Waals surface area contributed by atoms with Crippen molar-refractivity contribution >= 4 is 9.24 Å². The van der Waals surface area contributed by atoms with Gasteiger partial charge in [-0.1, -0.05) is 12.7 Å². The molecule has 0 fully saturated rings. The van der Waals surface area contributed by atoms with Crippen LogP contribution < -0.4 is 0 Å². The van der Waals surface area contributed by atoms with Gasteiger partial charge in [-0.25, -0.2) is 0 Å². The average molecular weight is 153 g/mol. The van der Waals surface area contributed by atoms with Gasteiger partial charge in [0.1, 0.15) is 0 Å². The Balaban J connectivity index is 2.76. The zero-order chi connectivity index (χ0) is 7.56. The third-order valence-electron chi connectivity index (χ3n) is 1.48. The van der Waals surface area contributed by atoms with Crippen LogP contribution >= 0.6 is 9.24 Å². The van der Waals surface area contributed by atoms with E-state index in [2.05, 4.69) is 33.8 Å². The zero-order valence-corrected chi connectivity index (χ0v) is 7.33. The van der Waals surface area contributed by atoms with Gasteiger partial charge in [0.05, 0.1) is 0 Å². The standard InChI is InChI=1S/C8H12NP/c1-3-9-6-8(10)5-4-7(9)2/h4-6H,2-3,10H2,1H3. The van der Waals surface area contributed by atoms with E-state index in [4.69, 9.17) is 0 Å². The first-order valence-electron chi connectivity index (χ1n) is 3.35. The molecule has 0 saturated carbocycles. The van der Waals surface area contributed by atoms with Gasteiger partial charge < -0.3 is 4.90 Å². The lowest BCUT2D eigenvalue weighted by molar-refractivity contribution is 0.504. The van der Waals surface area contributed by atoms with E-state index in [9.17, 15) is 0 Å². The number of rotatable bonds is 1. The smallest absolute Gasteiger partial charge is 0.0333 e. The van der Waals surface area contributed by atoms with Crippen molar-refractivity contribution in [3.63, 3.8) is 0 Å². The molecule has 2 heteroatoms. The van der Waals surface area contributed by atoms with Gasteiger partial charge >= 0.3 is 0 Å². The van der Waals surface area contributed by atoms with E-state index in [1.54, 1.807) is 0 Å². The van der Waals surface area contributed by atoms with E-state index in [-0.39, 0.29) is 0 Å². The van der Waals surface area contributed by atoms with E-state index in [1.165, 1.54) is 5.31 Å². The first-order chi connectivity index (χ1) is 4.74. The summed E-state index contributed by atoms with van der Waals surface area (Å²) in [7, 11) is 2.67. The maximum absolute atomic E-state index is 3.89. The predicted octanol–water partition coefficient (Wildman–Crippen LogP) is 2.11. The molecule has 1 nitrogen and oxygen atoms in total. The van der Waals surface area contributed by atoms with Crippen molar-refractivity contribution < 1.29 is 0 Å². The molecule has 1 atom stereocenters. The molecule has 0 N–H and O–H groups in total. The Morgan fingerprint density at radius 1 is 1.60 bits per heavy atom. The van der Waals surface area contributed by atoms with Crippen LogP contribution in [-0.2, 0) is 0 Å². The van der Waals surface area contributed by atoms with Crippen molar-refractivity contribution in [1.29, 1.82) is 0 Å². The lowest BCUT2D eigenvalue weighted by Gasteiger charge is -2.22. The summed E-state index contributed by atoms with van der Waals surface area (Å²) in [6.45, 7) is 6.98. The highest BCUT2D eigenvalue weighted by molar-refractivity contribution is 7.22. The fourth-order valence-electron chi connectivity index (χ4n) is 0.888. The maximum Gasteiger partial charge on any atom is 0.0333 e. The molecule has 54 valence electrons. The van der Waals surface area contributed by atoms with Gasteiger partial charge in [0, 0.05) is 18.4 Å². The van der Waals surface area contributed by atoms with Gasteiger partial charge in [-0.15, -0.1) is 9.24 Å². The molecule has 1 aliphatic rings. The summed E-state index contributed by atoms with van der Waals surface area (Å²) in [4.78, 5) is 2.11. The van der Waals surface area contributed by atoms with E-state index < -0.39 is 0 Å². The molecule has 0 amide bonds. The number of nitrogens with zero attached hydrogens (tertiary/aromatic N) is 1. The van der Waals surface area contributed by atoms with Crippen molar-refractivity contribution in [2.75, 3.05) is 6.54 Å². The summed E-state index contributed by atoms with van der Waals surface area (Å²) in [5.74, 6) is 0. The lowest BCUT2D eigenvalue weighted by atomic mass is 10.3. The largest absolute Gasteiger partial charge is 0.348 e. The first-order valence-corrected chi connectivity index (χ1v) is 3.92. The SMILES string of the molecule is C=C1C=CC(P)=CN1CC. The van der Waals surface area contributed by atoms with Gasteiger partial charge in [-0.2, -0.15) is 0 Å². The minimum absolute atomic E-state index is 0.987.